The second kappa shape index (κ2) is 8.00. The number of amides is 1. The number of hydrogen-bond acceptors (Lipinski definition) is 4. The number of fused-ring (bicyclic) bond motifs is 1. The Morgan fingerprint density at radius 3 is 2.80 bits per heavy atom. The summed E-state index contributed by atoms with van der Waals surface area (Å²) in [6.45, 7) is 5.37. The molecule has 5 nitrogen and oxygen atoms in total. The molecule has 1 aromatic rings. The van der Waals surface area contributed by atoms with Gasteiger partial charge in [0.2, 0.25) is 5.91 Å². The van der Waals surface area contributed by atoms with E-state index in [-0.39, 0.29) is 30.5 Å². The molecule has 1 fully saturated rings. The monoisotopic (exact) mass is 344 g/mol. The Morgan fingerprint density at radius 2 is 2.00 bits per heavy atom. The quantitative estimate of drug-likeness (QED) is 0.788. The fourth-order valence-corrected chi connectivity index (χ4v) is 4.00. The van der Waals surface area contributed by atoms with Crippen LogP contribution in [-0.4, -0.2) is 48.6 Å². The molecule has 0 aromatic heterocycles. The van der Waals surface area contributed by atoms with E-state index in [1.807, 2.05) is 34.9 Å². The van der Waals surface area contributed by atoms with Crippen molar-refractivity contribution in [3.63, 3.8) is 0 Å². The zero-order valence-corrected chi connectivity index (χ0v) is 15.2. The van der Waals surface area contributed by atoms with Crippen molar-refractivity contribution in [3.8, 4) is 0 Å². The topological polar surface area (TPSA) is 49.9 Å². The zero-order chi connectivity index (χ0) is 17.8. The summed E-state index contributed by atoms with van der Waals surface area (Å²) in [5, 5.41) is 0. The number of aryl methyl sites for hydroxylation is 1. The predicted molar refractivity (Wildman–Crippen MR) is 97.6 cm³/mol. The van der Waals surface area contributed by atoms with E-state index in [1.165, 1.54) is 5.56 Å². The van der Waals surface area contributed by atoms with Gasteiger partial charge in [-0.2, -0.15) is 0 Å². The van der Waals surface area contributed by atoms with E-state index in [0.717, 1.165) is 44.3 Å². The number of para-hydroxylation sites is 1. The SMILES string of the molecule is CCOC(=O)[C@@H]1CCCCN1CC(=O)N1c2ccccc2CC[C@@H]1C. The van der Waals surface area contributed by atoms with E-state index in [2.05, 4.69) is 13.0 Å². The Morgan fingerprint density at radius 1 is 1.20 bits per heavy atom. The molecule has 0 spiro atoms. The van der Waals surface area contributed by atoms with Crippen LogP contribution in [-0.2, 0) is 20.7 Å². The van der Waals surface area contributed by atoms with Gasteiger partial charge < -0.3 is 9.64 Å². The molecule has 2 aliphatic heterocycles. The number of esters is 1. The molecular formula is C20H28N2O3. The summed E-state index contributed by atoms with van der Waals surface area (Å²) in [6.07, 6.45) is 4.80. The van der Waals surface area contributed by atoms with Gasteiger partial charge in [0.05, 0.1) is 13.2 Å². The second-order valence-electron chi connectivity index (χ2n) is 7.01. The molecule has 0 bridgehead atoms. The minimum Gasteiger partial charge on any atom is -0.465 e. The molecule has 2 aliphatic rings. The van der Waals surface area contributed by atoms with Crippen LogP contribution in [0.4, 0.5) is 5.69 Å². The first-order valence-corrected chi connectivity index (χ1v) is 9.42. The van der Waals surface area contributed by atoms with Gasteiger partial charge in [0.1, 0.15) is 6.04 Å². The summed E-state index contributed by atoms with van der Waals surface area (Å²) < 4.78 is 5.21. The van der Waals surface area contributed by atoms with Crippen molar-refractivity contribution >= 4 is 17.6 Å². The second-order valence-corrected chi connectivity index (χ2v) is 7.01. The minimum atomic E-state index is -0.284. The van der Waals surface area contributed by atoms with Crippen molar-refractivity contribution in [3.05, 3.63) is 29.8 Å². The highest BCUT2D eigenvalue weighted by atomic mass is 16.5. The Labute approximate surface area is 149 Å². The number of carbonyl (C=O) groups is 2. The Bertz CT molecular complexity index is 631. The molecule has 0 saturated carbocycles. The number of likely N-dealkylation sites (tertiary alicyclic amines) is 1. The summed E-state index contributed by atoms with van der Waals surface area (Å²) in [5.74, 6) is -0.113. The smallest absolute Gasteiger partial charge is 0.323 e. The van der Waals surface area contributed by atoms with E-state index >= 15 is 0 Å². The van der Waals surface area contributed by atoms with Gasteiger partial charge in [-0.25, -0.2) is 0 Å². The van der Waals surface area contributed by atoms with Crippen molar-refractivity contribution in [1.82, 2.24) is 4.90 Å². The minimum absolute atomic E-state index is 0.0795. The summed E-state index contributed by atoms with van der Waals surface area (Å²) in [4.78, 5) is 29.3. The largest absolute Gasteiger partial charge is 0.465 e. The average molecular weight is 344 g/mol. The molecule has 1 saturated heterocycles. The third kappa shape index (κ3) is 3.87. The van der Waals surface area contributed by atoms with Crippen molar-refractivity contribution in [2.45, 2.75) is 58.0 Å². The number of piperidine rings is 1. The molecule has 25 heavy (non-hydrogen) atoms. The van der Waals surface area contributed by atoms with Crippen molar-refractivity contribution in [2.24, 2.45) is 0 Å². The lowest BCUT2D eigenvalue weighted by Crippen LogP contribution is -2.52. The van der Waals surface area contributed by atoms with Crippen LogP contribution in [0.25, 0.3) is 0 Å². The van der Waals surface area contributed by atoms with Crippen molar-refractivity contribution in [1.29, 1.82) is 0 Å². The lowest BCUT2D eigenvalue weighted by molar-refractivity contribution is -0.151. The van der Waals surface area contributed by atoms with E-state index in [9.17, 15) is 9.59 Å². The molecule has 136 valence electrons. The van der Waals surface area contributed by atoms with Crippen LogP contribution in [0.15, 0.2) is 24.3 Å². The number of rotatable bonds is 4. The van der Waals surface area contributed by atoms with Gasteiger partial charge >= 0.3 is 5.97 Å². The van der Waals surface area contributed by atoms with Gasteiger partial charge in [-0.15, -0.1) is 0 Å². The Hall–Kier alpha value is -1.88. The number of nitrogens with zero attached hydrogens (tertiary/aromatic N) is 2. The Balaban J connectivity index is 1.75. The molecule has 5 heteroatoms. The Kier molecular flexibility index (Phi) is 5.74. The molecule has 2 atom stereocenters. The first-order valence-electron chi connectivity index (χ1n) is 9.42. The van der Waals surface area contributed by atoms with Gasteiger partial charge in [0, 0.05) is 11.7 Å². The van der Waals surface area contributed by atoms with E-state index in [1.54, 1.807) is 0 Å². The molecule has 0 radical (unpaired) electrons. The number of hydrogen-bond donors (Lipinski definition) is 0. The lowest BCUT2D eigenvalue weighted by atomic mass is 9.96. The first-order chi connectivity index (χ1) is 12.1. The number of benzene rings is 1. The number of ether oxygens (including phenoxy) is 1. The molecule has 1 aromatic carbocycles. The molecule has 0 N–H and O–H groups in total. The molecule has 1 amide bonds. The predicted octanol–water partition coefficient (Wildman–Crippen LogP) is 2.77. The van der Waals surface area contributed by atoms with E-state index in [4.69, 9.17) is 4.74 Å². The number of anilines is 1. The van der Waals surface area contributed by atoms with Crippen LogP contribution < -0.4 is 4.90 Å². The molecule has 0 aliphatic carbocycles. The summed E-state index contributed by atoms with van der Waals surface area (Å²) in [5.41, 5.74) is 2.26. The van der Waals surface area contributed by atoms with Crippen LogP contribution in [0.2, 0.25) is 0 Å². The average Bonchev–Trinajstić information content (AvgIpc) is 2.62. The fourth-order valence-electron chi connectivity index (χ4n) is 4.00. The normalized spacial score (nSPS) is 23.8. The maximum atomic E-state index is 13.1. The van der Waals surface area contributed by atoms with E-state index in [0.29, 0.717) is 6.61 Å². The highest BCUT2D eigenvalue weighted by Crippen LogP contribution is 2.31. The lowest BCUT2D eigenvalue weighted by Gasteiger charge is -2.39. The van der Waals surface area contributed by atoms with Crippen LogP contribution in [0, 0.1) is 0 Å². The molecular weight excluding hydrogens is 316 g/mol. The van der Waals surface area contributed by atoms with E-state index < -0.39 is 0 Å². The zero-order valence-electron chi connectivity index (χ0n) is 15.2. The standard InChI is InChI=1S/C20H28N2O3/c1-3-25-20(24)18-10-6-7-13-21(18)14-19(23)22-15(2)11-12-16-8-4-5-9-17(16)22/h4-5,8-9,15,18H,3,6-7,10-14H2,1-2H3/t15-,18-/m0/s1. The molecule has 0 unspecified atom stereocenters. The van der Waals surface area contributed by atoms with Crippen molar-refractivity contribution < 1.29 is 14.3 Å². The van der Waals surface area contributed by atoms with Gasteiger partial charge in [-0.1, -0.05) is 24.6 Å². The fraction of sp³-hybridized carbons (Fsp3) is 0.600. The van der Waals surface area contributed by atoms with Crippen LogP contribution in [0.5, 0.6) is 0 Å². The number of carbonyl (C=O) groups excluding carboxylic acids is 2. The summed E-state index contributed by atoms with van der Waals surface area (Å²) in [6, 6.07) is 8.05. The van der Waals surface area contributed by atoms with Crippen LogP contribution in [0.1, 0.15) is 45.1 Å². The maximum absolute atomic E-state index is 13.1. The van der Waals surface area contributed by atoms with Crippen LogP contribution >= 0.6 is 0 Å². The first kappa shape index (κ1) is 17.9. The molecule has 2 heterocycles. The maximum Gasteiger partial charge on any atom is 0.323 e. The third-order valence-electron chi connectivity index (χ3n) is 5.30. The van der Waals surface area contributed by atoms with Gasteiger partial charge in [-0.05, 0) is 57.7 Å². The highest BCUT2D eigenvalue weighted by Gasteiger charge is 2.34. The van der Waals surface area contributed by atoms with Crippen LogP contribution in [0.3, 0.4) is 0 Å². The van der Waals surface area contributed by atoms with Gasteiger partial charge in [-0.3, -0.25) is 14.5 Å². The van der Waals surface area contributed by atoms with Gasteiger partial charge in [0.25, 0.3) is 0 Å². The third-order valence-corrected chi connectivity index (χ3v) is 5.30. The highest BCUT2D eigenvalue weighted by molar-refractivity contribution is 5.96. The van der Waals surface area contributed by atoms with Gasteiger partial charge in [0.15, 0.2) is 0 Å². The summed E-state index contributed by atoms with van der Waals surface area (Å²) >= 11 is 0. The molecule has 3 rings (SSSR count). The van der Waals surface area contributed by atoms with Crippen molar-refractivity contribution in [2.75, 3.05) is 24.6 Å². The summed E-state index contributed by atoms with van der Waals surface area (Å²) in [7, 11) is 0.